The predicted molar refractivity (Wildman–Crippen MR) is 131 cm³/mol. The van der Waals surface area contributed by atoms with Crippen LogP contribution in [0, 0.1) is 6.92 Å². The molecule has 3 aromatic carbocycles. The molecule has 5 nitrogen and oxygen atoms in total. The number of nitrogens with zero attached hydrogens (tertiary/aromatic N) is 1. The lowest BCUT2D eigenvalue weighted by atomic mass is 10.2. The van der Waals surface area contributed by atoms with Crippen molar-refractivity contribution >= 4 is 68.7 Å². The molecule has 0 atom stereocenters. The van der Waals surface area contributed by atoms with Crippen LogP contribution in [0.25, 0.3) is 0 Å². The molecule has 0 saturated carbocycles. The van der Waals surface area contributed by atoms with Crippen LogP contribution in [-0.4, -0.2) is 12.2 Å². The molecule has 9 heteroatoms. The zero-order chi connectivity index (χ0) is 22.4. The monoisotopic (exact) mass is 539 g/mol. The molecule has 2 N–H and O–H groups in total. The van der Waals surface area contributed by atoms with Crippen molar-refractivity contribution in [2.45, 2.75) is 13.5 Å². The Bertz CT molecular complexity index is 1100. The fourth-order valence-electron chi connectivity index (χ4n) is 2.57. The van der Waals surface area contributed by atoms with Gasteiger partial charge >= 0.3 is 6.03 Å². The number of hydrogen-bond acceptors (Lipinski definition) is 3. The first-order chi connectivity index (χ1) is 14.8. The molecule has 0 saturated heterocycles. The average Bonchev–Trinajstić information content (AvgIpc) is 2.71. The molecule has 0 aromatic heterocycles. The first-order valence-electron chi connectivity index (χ1n) is 9.04. The summed E-state index contributed by atoms with van der Waals surface area (Å²) in [6, 6.07) is 15.6. The topological polar surface area (TPSA) is 62.7 Å². The Balaban J connectivity index is 1.58. The van der Waals surface area contributed by atoms with E-state index in [2.05, 4.69) is 31.8 Å². The van der Waals surface area contributed by atoms with Crippen LogP contribution in [0.3, 0.4) is 0 Å². The normalized spacial score (nSPS) is 10.9. The van der Waals surface area contributed by atoms with Gasteiger partial charge in [0, 0.05) is 15.2 Å². The van der Waals surface area contributed by atoms with Gasteiger partial charge in [-0.2, -0.15) is 5.10 Å². The fraction of sp³-hybridized carbons (Fsp3) is 0.0909. The zero-order valence-electron chi connectivity index (χ0n) is 16.3. The van der Waals surface area contributed by atoms with Crippen molar-refractivity contribution in [3.63, 3.8) is 0 Å². The third kappa shape index (κ3) is 6.87. The highest BCUT2D eigenvalue weighted by Gasteiger charge is 2.10. The number of hydrogen-bond donors (Lipinski definition) is 2. The van der Waals surface area contributed by atoms with Crippen LogP contribution in [0.15, 0.2) is 64.2 Å². The first kappa shape index (κ1) is 23.4. The number of carbonyl (C=O) groups is 1. The molecule has 3 rings (SSSR count). The molecule has 0 aliphatic heterocycles. The lowest BCUT2D eigenvalue weighted by Gasteiger charge is -2.11. The zero-order valence-corrected chi connectivity index (χ0v) is 20.1. The number of ether oxygens (including phenoxy) is 1. The molecule has 0 aliphatic carbocycles. The third-order valence-electron chi connectivity index (χ3n) is 4.11. The van der Waals surface area contributed by atoms with E-state index in [1.807, 2.05) is 31.2 Å². The van der Waals surface area contributed by atoms with Crippen LogP contribution in [0.1, 0.15) is 16.7 Å². The molecule has 2 amide bonds. The number of rotatable bonds is 6. The molecule has 3 aromatic rings. The second-order valence-electron chi connectivity index (χ2n) is 6.52. The van der Waals surface area contributed by atoms with Gasteiger partial charge in [0.25, 0.3) is 0 Å². The van der Waals surface area contributed by atoms with Crippen LogP contribution in [0.5, 0.6) is 5.75 Å². The summed E-state index contributed by atoms with van der Waals surface area (Å²) >= 11 is 21.9. The quantitative estimate of drug-likeness (QED) is 0.251. The van der Waals surface area contributed by atoms with Crippen molar-refractivity contribution < 1.29 is 9.53 Å². The summed E-state index contributed by atoms with van der Waals surface area (Å²) < 4.78 is 6.70. The maximum Gasteiger partial charge on any atom is 0.339 e. The number of amides is 2. The van der Waals surface area contributed by atoms with Crippen molar-refractivity contribution in [3.05, 3.63) is 90.8 Å². The summed E-state index contributed by atoms with van der Waals surface area (Å²) in [5.41, 5.74) is 5.59. The van der Waals surface area contributed by atoms with Gasteiger partial charge in [0.15, 0.2) is 5.75 Å². The van der Waals surface area contributed by atoms with E-state index in [0.717, 1.165) is 15.6 Å². The van der Waals surface area contributed by atoms with Crippen LogP contribution in [0.2, 0.25) is 15.1 Å². The Hall–Kier alpha value is -2.25. The SMILES string of the molecule is Cc1cc(NC(=O)N/N=C/c2cc(Cl)c(OCc3ccc(Cl)cc3)c(Cl)c2)ccc1Br. The number of benzene rings is 3. The second kappa shape index (κ2) is 10.9. The first-order valence-corrected chi connectivity index (χ1v) is 11.0. The van der Waals surface area contributed by atoms with E-state index >= 15 is 0 Å². The number of aryl methyl sites for hydroxylation is 1. The second-order valence-corrected chi connectivity index (χ2v) is 8.62. The summed E-state index contributed by atoms with van der Waals surface area (Å²) in [5, 5.41) is 7.94. The summed E-state index contributed by atoms with van der Waals surface area (Å²) in [5.74, 6) is 0.367. The largest absolute Gasteiger partial charge is 0.486 e. The predicted octanol–water partition coefficient (Wildman–Crippen LogP) is 7.45. The van der Waals surface area contributed by atoms with E-state index < -0.39 is 6.03 Å². The van der Waals surface area contributed by atoms with Crippen LogP contribution < -0.4 is 15.5 Å². The van der Waals surface area contributed by atoms with Gasteiger partial charge in [-0.05, 0) is 66.1 Å². The Morgan fingerprint density at radius 1 is 1.06 bits per heavy atom. The van der Waals surface area contributed by atoms with Crippen molar-refractivity contribution in [1.29, 1.82) is 0 Å². The lowest BCUT2D eigenvalue weighted by Crippen LogP contribution is -2.24. The molecule has 0 radical (unpaired) electrons. The number of anilines is 1. The van der Waals surface area contributed by atoms with Crippen molar-refractivity contribution in [2.75, 3.05) is 5.32 Å². The van der Waals surface area contributed by atoms with Gasteiger partial charge in [0.05, 0.1) is 16.3 Å². The fourth-order valence-corrected chi connectivity index (χ4v) is 3.56. The average molecular weight is 542 g/mol. The van der Waals surface area contributed by atoms with E-state index in [9.17, 15) is 4.79 Å². The maximum atomic E-state index is 12.0. The summed E-state index contributed by atoms with van der Waals surface area (Å²) in [6.07, 6.45) is 1.44. The molecular formula is C22H17BrCl3N3O2. The molecular weight excluding hydrogens is 525 g/mol. The molecule has 0 unspecified atom stereocenters. The number of carbonyl (C=O) groups excluding carboxylic acids is 1. The van der Waals surface area contributed by atoms with E-state index in [-0.39, 0.29) is 0 Å². The van der Waals surface area contributed by atoms with Crippen molar-refractivity contribution in [2.24, 2.45) is 5.10 Å². The van der Waals surface area contributed by atoms with Gasteiger partial charge in [-0.15, -0.1) is 0 Å². The van der Waals surface area contributed by atoms with Gasteiger partial charge in [0.1, 0.15) is 6.61 Å². The van der Waals surface area contributed by atoms with E-state index in [1.165, 1.54) is 6.21 Å². The Labute approximate surface area is 203 Å². The van der Waals surface area contributed by atoms with Gasteiger partial charge in [-0.3, -0.25) is 0 Å². The highest BCUT2D eigenvalue weighted by Crippen LogP contribution is 2.34. The van der Waals surface area contributed by atoms with E-state index in [0.29, 0.717) is 38.7 Å². The summed E-state index contributed by atoms with van der Waals surface area (Å²) in [4.78, 5) is 12.0. The van der Waals surface area contributed by atoms with Crippen molar-refractivity contribution in [3.8, 4) is 5.75 Å². The van der Waals surface area contributed by atoms with E-state index in [1.54, 1.807) is 30.3 Å². The van der Waals surface area contributed by atoms with Crippen LogP contribution in [-0.2, 0) is 6.61 Å². The summed E-state index contributed by atoms with van der Waals surface area (Å²) in [6.45, 7) is 2.23. The third-order valence-corrected chi connectivity index (χ3v) is 5.82. The standard InChI is InChI=1S/C22H17BrCl3N3O2/c1-13-8-17(6-7-18(13)23)28-22(30)29-27-11-15-9-19(25)21(20(26)10-15)31-12-14-2-4-16(24)5-3-14/h2-11H,12H2,1H3,(H2,28,29,30)/b27-11+. The van der Waals surface area contributed by atoms with E-state index in [4.69, 9.17) is 39.5 Å². The van der Waals surface area contributed by atoms with Gasteiger partial charge in [0.2, 0.25) is 0 Å². The smallest absolute Gasteiger partial charge is 0.339 e. The number of urea groups is 1. The maximum absolute atomic E-state index is 12.0. The molecule has 0 fully saturated rings. The number of hydrazone groups is 1. The Morgan fingerprint density at radius 3 is 2.39 bits per heavy atom. The van der Waals surface area contributed by atoms with Gasteiger partial charge in [-0.1, -0.05) is 62.9 Å². The van der Waals surface area contributed by atoms with Crippen molar-refractivity contribution in [1.82, 2.24) is 5.43 Å². The minimum atomic E-state index is -0.474. The van der Waals surface area contributed by atoms with Gasteiger partial charge in [-0.25, -0.2) is 10.2 Å². The van der Waals surface area contributed by atoms with Crippen LogP contribution in [0.4, 0.5) is 10.5 Å². The minimum Gasteiger partial charge on any atom is -0.486 e. The Morgan fingerprint density at radius 2 is 1.74 bits per heavy atom. The molecule has 0 aliphatic rings. The number of halogens is 4. The Kier molecular flexibility index (Phi) is 8.21. The molecule has 160 valence electrons. The molecule has 31 heavy (non-hydrogen) atoms. The van der Waals surface area contributed by atoms with Crippen LogP contribution >= 0.6 is 50.7 Å². The minimum absolute atomic E-state index is 0.293. The highest BCUT2D eigenvalue weighted by atomic mass is 79.9. The number of nitrogens with one attached hydrogen (secondary N) is 2. The molecule has 0 heterocycles. The highest BCUT2D eigenvalue weighted by molar-refractivity contribution is 9.10. The molecule has 0 bridgehead atoms. The summed E-state index contributed by atoms with van der Waals surface area (Å²) in [7, 11) is 0. The lowest BCUT2D eigenvalue weighted by molar-refractivity contribution is 0.252. The molecule has 0 spiro atoms. The van der Waals surface area contributed by atoms with Gasteiger partial charge < -0.3 is 10.1 Å².